The molecule has 4 aromatic rings. The Morgan fingerprint density at radius 3 is 2.27 bits per heavy atom. The van der Waals surface area contributed by atoms with Gasteiger partial charge in [0.05, 0.1) is 14.2 Å². The molecule has 0 aliphatic carbocycles. The molecule has 8 heteroatoms. The SMILES string of the molecule is COc1cc2ccc1-c1cc(ccc1O)CC1c3cc4c(cc3CCN1C)OCOc1c(OC)cc3c(c1O4)C(C2)N(C)CC3. The summed E-state index contributed by atoms with van der Waals surface area (Å²) in [6.07, 6.45) is 3.28. The molecule has 0 aromatic heterocycles. The van der Waals surface area contributed by atoms with Gasteiger partial charge >= 0.3 is 0 Å². The van der Waals surface area contributed by atoms with Crippen LogP contribution in [-0.2, 0) is 25.7 Å². The fourth-order valence-electron chi connectivity index (χ4n) is 7.59. The van der Waals surface area contributed by atoms with Gasteiger partial charge in [0.1, 0.15) is 11.5 Å². The van der Waals surface area contributed by atoms with Gasteiger partial charge in [0.25, 0.3) is 0 Å². The fraction of sp³-hybridized carbons (Fsp3) is 0.351. The summed E-state index contributed by atoms with van der Waals surface area (Å²) >= 11 is 0. The van der Waals surface area contributed by atoms with Gasteiger partial charge in [-0.15, -0.1) is 0 Å². The molecular weight excluding hydrogens is 568 g/mol. The van der Waals surface area contributed by atoms with Crippen LogP contribution in [0.15, 0.2) is 54.6 Å². The van der Waals surface area contributed by atoms with Crippen LogP contribution in [0.3, 0.4) is 0 Å². The highest BCUT2D eigenvalue weighted by atomic mass is 16.7. The number of rotatable bonds is 2. The van der Waals surface area contributed by atoms with Gasteiger partial charge in [0.2, 0.25) is 12.5 Å². The number of ether oxygens (including phenoxy) is 5. The highest BCUT2D eigenvalue weighted by Gasteiger charge is 2.36. The minimum Gasteiger partial charge on any atom is -0.507 e. The van der Waals surface area contributed by atoms with E-state index in [1.807, 2.05) is 6.07 Å². The molecule has 4 aromatic carbocycles. The molecular formula is C37H38N2O6. The van der Waals surface area contributed by atoms with Crippen LogP contribution in [0.1, 0.15) is 45.5 Å². The topological polar surface area (TPSA) is 72.9 Å². The van der Waals surface area contributed by atoms with Crippen molar-refractivity contribution in [3.05, 3.63) is 88.0 Å². The molecule has 0 saturated heterocycles. The molecule has 8 nitrogen and oxygen atoms in total. The van der Waals surface area contributed by atoms with E-state index in [0.717, 1.165) is 72.3 Å². The molecule has 232 valence electrons. The molecule has 7 bridgehead atoms. The number of phenolic OH excluding ortho intramolecular Hbond substituents is 1. The zero-order valence-electron chi connectivity index (χ0n) is 26.2. The average molecular weight is 607 g/mol. The van der Waals surface area contributed by atoms with Gasteiger partial charge in [0, 0.05) is 41.9 Å². The molecule has 2 unspecified atom stereocenters. The maximum absolute atomic E-state index is 11.0. The number of nitrogens with zero attached hydrogens (tertiary/aromatic N) is 2. The van der Waals surface area contributed by atoms with Crippen LogP contribution in [-0.4, -0.2) is 63.1 Å². The summed E-state index contributed by atoms with van der Waals surface area (Å²) in [6, 6.07) is 18.8. The molecule has 5 aliphatic rings. The summed E-state index contributed by atoms with van der Waals surface area (Å²) in [6.45, 7) is 1.88. The van der Waals surface area contributed by atoms with Crippen LogP contribution < -0.4 is 23.7 Å². The van der Waals surface area contributed by atoms with Crippen LogP contribution in [0, 0.1) is 0 Å². The lowest BCUT2D eigenvalue weighted by Crippen LogP contribution is -2.34. The van der Waals surface area contributed by atoms with Gasteiger partial charge in [-0.3, -0.25) is 9.80 Å². The number of likely N-dealkylation sites (N-methyl/N-ethyl adjacent to an activating group) is 2. The summed E-state index contributed by atoms with van der Waals surface area (Å²) < 4.78 is 31.3. The zero-order valence-corrected chi connectivity index (χ0v) is 26.2. The minimum absolute atomic E-state index is 0.0141. The molecule has 1 N–H and O–H groups in total. The van der Waals surface area contributed by atoms with Crippen LogP contribution in [0.2, 0.25) is 0 Å². The summed E-state index contributed by atoms with van der Waals surface area (Å²) in [5.41, 5.74) is 8.68. The molecule has 2 atom stereocenters. The Bertz CT molecular complexity index is 1820. The van der Waals surface area contributed by atoms with Gasteiger partial charge in [-0.05, 0) is 104 Å². The monoisotopic (exact) mass is 606 g/mol. The van der Waals surface area contributed by atoms with Crippen molar-refractivity contribution in [2.24, 2.45) is 0 Å². The van der Waals surface area contributed by atoms with Crippen molar-refractivity contribution in [1.82, 2.24) is 9.80 Å². The lowest BCUT2D eigenvalue weighted by molar-refractivity contribution is 0.101. The Hall–Kier alpha value is -4.40. The van der Waals surface area contributed by atoms with E-state index < -0.39 is 0 Å². The molecule has 45 heavy (non-hydrogen) atoms. The summed E-state index contributed by atoms with van der Waals surface area (Å²) in [5.74, 6) is 4.24. The number of methoxy groups -OCH3 is 2. The van der Waals surface area contributed by atoms with Gasteiger partial charge in [-0.25, -0.2) is 0 Å². The van der Waals surface area contributed by atoms with Crippen LogP contribution in [0.5, 0.6) is 40.2 Å². The quantitative estimate of drug-likeness (QED) is 0.279. The van der Waals surface area contributed by atoms with Crippen molar-refractivity contribution in [2.75, 3.05) is 48.2 Å². The molecule has 9 rings (SSSR count). The number of fused-ring (bicyclic) bond motifs is 2. The van der Waals surface area contributed by atoms with E-state index >= 15 is 0 Å². The zero-order chi connectivity index (χ0) is 30.8. The second-order valence-corrected chi connectivity index (χ2v) is 12.6. The van der Waals surface area contributed by atoms with Crippen LogP contribution in [0.25, 0.3) is 11.1 Å². The highest BCUT2D eigenvalue weighted by molar-refractivity contribution is 5.76. The summed E-state index contributed by atoms with van der Waals surface area (Å²) in [7, 11) is 7.71. The molecule has 5 heterocycles. The maximum atomic E-state index is 11.0. The third-order valence-electron chi connectivity index (χ3n) is 10.1. The first-order valence-corrected chi connectivity index (χ1v) is 15.7. The first-order chi connectivity index (χ1) is 21.9. The standard InChI is InChI=1S/C37H38N2O6/c1-38-11-9-23-17-32-33-19-26(23)28(38)14-21-6-8-30(40)27(13-21)25-7-5-22(16-31(25)41-3)15-29-35-24(10-12-39(29)2)18-34(42-4)36(37(35)45-33)44-20-43-32/h5-8,13,16-19,28-29,40H,9-12,14-15,20H2,1-4H3. The third kappa shape index (κ3) is 4.66. The Labute approximate surface area is 263 Å². The number of phenols is 1. The molecule has 0 amide bonds. The van der Waals surface area contributed by atoms with E-state index in [1.165, 1.54) is 16.7 Å². The van der Waals surface area contributed by atoms with Crippen molar-refractivity contribution in [3.8, 4) is 51.4 Å². The van der Waals surface area contributed by atoms with E-state index in [2.05, 4.69) is 66.4 Å². The number of benzene rings is 4. The predicted molar refractivity (Wildman–Crippen MR) is 171 cm³/mol. The lowest BCUT2D eigenvalue weighted by atomic mass is 9.87. The largest absolute Gasteiger partial charge is 0.507 e. The van der Waals surface area contributed by atoms with Gasteiger partial charge in [0.15, 0.2) is 23.0 Å². The average Bonchev–Trinajstić information content (AvgIpc) is 3.04. The molecule has 0 radical (unpaired) electrons. The van der Waals surface area contributed by atoms with E-state index in [1.54, 1.807) is 20.3 Å². The van der Waals surface area contributed by atoms with Crippen molar-refractivity contribution in [2.45, 2.75) is 37.8 Å². The smallest absolute Gasteiger partial charge is 0.231 e. The Morgan fingerprint density at radius 1 is 0.711 bits per heavy atom. The molecule has 0 spiro atoms. The lowest BCUT2D eigenvalue weighted by Gasteiger charge is -2.38. The highest BCUT2D eigenvalue weighted by Crippen LogP contribution is 2.53. The molecule has 5 aliphatic heterocycles. The van der Waals surface area contributed by atoms with E-state index in [9.17, 15) is 5.11 Å². The van der Waals surface area contributed by atoms with Gasteiger partial charge < -0.3 is 28.8 Å². The van der Waals surface area contributed by atoms with E-state index in [-0.39, 0.29) is 24.6 Å². The molecule has 0 saturated carbocycles. The van der Waals surface area contributed by atoms with E-state index in [4.69, 9.17) is 23.7 Å². The number of hydrogen-bond acceptors (Lipinski definition) is 8. The normalized spacial score (nSPS) is 20.3. The fourth-order valence-corrected chi connectivity index (χ4v) is 7.59. The second-order valence-electron chi connectivity index (χ2n) is 12.6. The maximum Gasteiger partial charge on any atom is 0.231 e. The van der Waals surface area contributed by atoms with Crippen LogP contribution >= 0.6 is 0 Å². The summed E-state index contributed by atoms with van der Waals surface area (Å²) in [4.78, 5) is 4.79. The minimum atomic E-state index is 0.0141. The second kappa shape index (κ2) is 10.9. The Balaban J connectivity index is 1.40. The van der Waals surface area contributed by atoms with Crippen molar-refractivity contribution in [1.29, 1.82) is 0 Å². The third-order valence-corrected chi connectivity index (χ3v) is 10.1. The van der Waals surface area contributed by atoms with Gasteiger partial charge in [-0.2, -0.15) is 0 Å². The number of hydrogen-bond donors (Lipinski definition) is 1. The summed E-state index contributed by atoms with van der Waals surface area (Å²) in [5, 5.41) is 11.0. The predicted octanol–water partition coefficient (Wildman–Crippen LogP) is 6.45. The first kappa shape index (κ1) is 28.1. The van der Waals surface area contributed by atoms with Gasteiger partial charge in [-0.1, -0.05) is 18.2 Å². The van der Waals surface area contributed by atoms with Crippen molar-refractivity contribution < 1.29 is 28.8 Å². The molecule has 0 fully saturated rings. The Kier molecular flexibility index (Phi) is 6.80. The first-order valence-electron chi connectivity index (χ1n) is 15.7. The van der Waals surface area contributed by atoms with Crippen molar-refractivity contribution >= 4 is 0 Å². The van der Waals surface area contributed by atoms with Crippen LogP contribution in [0.4, 0.5) is 0 Å². The van der Waals surface area contributed by atoms with E-state index in [0.29, 0.717) is 28.7 Å². The van der Waals surface area contributed by atoms with Crippen molar-refractivity contribution in [3.63, 3.8) is 0 Å². The number of aromatic hydroxyl groups is 1. The Morgan fingerprint density at radius 2 is 1.44 bits per heavy atom.